The fraction of sp³-hybridized carbons (Fsp3) is 0.688. The summed E-state index contributed by atoms with van der Waals surface area (Å²) in [5, 5.41) is 0. The van der Waals surface area contributed by atoms with Gasteiger partial charge in [0.15, 0.2) is 5.78 Å². The molecule has 2 aliphatic carbocycles. The van der Waals surface area contributed by atoms with Crippen LogP contribution in [-0.2, 0) is 4.79 Å². The molecule has 0 radical (unpaired) electrons. The van der Waals surface area contributed by atoms with E-state index >= 15 is 0 Å². The Labute approximate surface area is 105 Å². The van der Waals surface area contributed by atoms with E-state index in [-0.39, 0.29) is 11.2 Å². The minimum absolute atomic E-state index is 0.191. The Morgan fingerprint density at radius 1 is 1.18 bits per heavy atom. The van der Waals surface area contributed by atoms with Crippen molar-refractivity contribution in [2.75, 3.05) is 0 Å². The molecule has 0 unspecified atom stereocenters. The molecule has 17 heavy (non-hydrogen) atoms. The second-order valence-electron chi connectivity index (χ2n) is 6.78. The lowest BCUT2D eigenvalue weighted by Crippen LogP contribution is -2.29. The number of carbonyl (C=O) groups is 1. The highest BCUT2D eigenvalue weighted by Crippen LogP contribution is 2.59. The number of ketones is 1. The fourth-order valence-electron chi connectivity index (χ4n) is 3.34. The molecule has 0 aromatic carbocycles. The SMILES string of the molecule is CC(=O)/C=C1\CCCC2=C1CC(C)(C)C2(C)C. The van der Waals surface area contributed by atoms with Gasteiger partial charge in [0.2, 0.25) is 0 Å². The van der Waals surface area contributed by atoms with E-state index in [0.717, 1.165) is 12.8 Å². The zero-order valence-corrected chi connectivity index (χ0v) is 11.8. The van der Waals surface area contributed by atoms with Crippen LogP contribution in [0.25, 0.3) is 0 Å². The maximum atomic E-state index is 11.3. The predicted molar refractivity (Wildman–Crippen MR) is 71.8 cm³/mol. The average molecular weight is 232 g/mol. The van der Waals surface area contributed by atoms with Crippen molar-refractivity contribution in [1.29, 1.82) is 0 Å². The van der Waals surface area contributed by atoms with Gasteiger partial charge in [-0.15, -0.1) is 0 Å². The second kappa shape index (κ2) is 3.83. The van der Waals surface area contributed by atoms with Gasteiger partial charge < -0.3 is 0 Å². The van der Waals surface area contributed by atoms with Crippen molar-refractivity contribution < 1.29 is 4.79 Å². The van der Waals surface area contributed by atoms with Crippen molar-refractivity contribution >= 4 is 5.78 Å². The third-order valence-electron chi connectivity index (χ3n) is 5.07. The molecular weight excluding hydrogens is 208 g/mol. The molecule has 0 N–H and O–H groups in total. The lowest BCUT2D eigenvalue weighted by Gasteiger charge is -2.38. The van der Waals surface area contributed by atoms with E-state index in [1.807, 2.05) is 6.08 Å². The quantitative estimate of drug-likeness (QED) is 0.611. The Bertz CT molecular complexity index is 419. The highest BCUT2D eigenvalue weighted by molar-refractivity contribution is 5.89. The maximum absolute atomic E-state index is 11.3. The lowest BCUT2D eigenvalue weighted by molar-refractivity contribution is -0.112. The number of carbonyl (C=O) groups excluding carboxylic acids is 1. The van der Waals surface area contributed by atoms with Crippen molar-refractivity contribution in [3.63, 3.8) is 0 Å². The van der Waals surface area contributed by atoms with Crippen LogP contribution in [0.2, 0.25) is 0 Å². The summed E-state index contributed by atoms with van der Waals surface area (Å²) in [4.78, 5) is 11.3. The van der Waals surface area contributed by atoms with Gasteiger partial charge in [0.05, 0.1) is 0 Å². The first-order valence-corrected chi connectivity index (χ1v) is 6.70. The molecule has 0 saturated carbocycles. The van der Waals surface area contributed by atoms with Gasteiger partial charge in [-0.25, -0.2) is 0 Å². The van der Waals surface area contributed by atoms with Crippen molar-refractivity contribution in [3.8, 4) is 0 Å². The normalized spacial score (nSPS) is 28.4. The van der Waals surface area contributed by atoms with E-state index in [1.165, 1.54) is 24.0 Å². The molecule has 1 heteroatoms. The summed E-state index contributed by atoms with van der Waals surface area (Å²) < 4.78 is 0. The van der Waals surface area contributed by atoms with Crippen LogP contribution in [0.5, 0.6) is 0 Å². The molecule has 0 fully saturated rings. The Morgan fingerprint density at radius 3 is 2.41 bits per heavy atom. The van der Waals surface area contributed by atoms with Crippen molar-refractivity contribution in [3.05, 3.63) is 22.8 Å². The highest BCUT2D eigenvalue weighted by Gasteiger charge is 2.47. The van der Waals surface area contributed by atoms with Gasteiger partial charge in [0, 0.05) is 0 Å². The summed E-state index contributed by atoms with van der Waals surface area (Å²) >= 11 is 0. The lowest BCUT2D eigenvalue weighted by atomic mass is 9.66. The molecule has 0 atom stereocenters. The van der Waals surface area contributed by atoms with Gasteiger partial charge in [0.25, 0.3) is 0 Å². The third-order valence-corrected chi connectivity index (χ3v) is 5.07. The summed E-state index contributed by atoms with van der Waals surface area (Å²) in [6.07, 6.45) is 6.52. The largest absolute Gasteiger partial charge is 0.295 e. The van der Waals surface area contributed by atoms with Crippen molar-refractivity contribution in [2.24, 2.45) is 10.8 Å². The van der Waals surface area contributed by atoms with Crippen LogP contribution in [0.1, 0.15) is 60.3 Å². The maximum Gasteiger partial charge on any atom is 0.152 e. The van der Waals surface area contributed by atoms with E-state index in [1.54, 1.807) is 12.5 Å². The summed E-state index contributed by atoms with van der Waals surface area (Å²) in [5.74, 6) is 0.191. The molecule has 2 aliphatic rings. The van der Waals surface area contributed by atoms with Crippen molar-refractivity contribution in [2.45, 2.75) is 60.3 Å². The van der Waals surface area contributed by atoms with Crippen LogP contribution < -0.4 is 0 Å². The molecule has 0 saturated heterocycles. The van der Waals surface area contributed by atoms with Gasteiger partial charge in [-0.2, -0.15) is 0 Å². The van der Waals surface area contributed by atoms with Crippen LogP contribution in [0, 0.1) is 10.8 Å². The monoisotopic (exact) mass is 232 g/mol. The molecule has 0 aromatic heterocycles. The Morgan fingerprint density at radius 2 is 1.82 bits per heavy atom. The molecule has 0 amide bonds. The van der Waals surface area contributed by atoms with E-state index in [2.05, 4.69) is 27.7 Å². The number of rotatable bonds is 1. The van der Waals surface area contributed by atoms with Crippen LogP contribution in [0.15, 0.2) is 22.8 Å². The molecule has 0 bridgehead atoms. The van der Waals surface area contributed by atoms with Gasteiger partial charge in [-0.1, -0.05) is 33.3 Å². The molecule has 0 aliphatic heterocycles. The van der Waals surface area contributed by atoms with Gasteiger partial charge >= 0.3 is 0 Å². The Hall–Kier alpha value is -0.850. The molecule has 0 spiro atoms. The Kier molecular flexibility index (Phi) is 2.84. The first-order chi connectivity index (χ1) is 7.75. The average Bonchev–Trinajstić information content (AvgIpc) is 2.36. The third kappa shape index (κ3) is 1.90. The molecule has 0 heterocycles. The van der Waals surface area contributed by atoms with Gasteiger partial charge in [0.1, 0.15) is 0 Å². The molecule has 0 aromatic rings. The molecule has 1 nitrogen and oxygen atoms in total. The Balaban J connectivity index is 2.48. The highest BCUT2D eigenvalue weighted by atomic mass is 16.1. The van der Waals surface area contributed by atoms with Crippen LogP contribution in [0.3, 0.4) is 0 Å². The fourth-order valence-corrected chi connectivity index (χ4v) is 3.34. The molecule has 2 rings (SSSR count). The number of hydrogen-bond acceptors (Lipinski definition) is 1. The smallest absolute Gasteiger partial charge is 0.152 e. The summed E-state index contributed by atoms with van der Waals surface area (Å²) in [5.41, 5.74) is 5.02. The minimum atomic E-state index is 0.191. The first kappa shape index (κ1) is 12.6. The zero-order chi connectivity index (χ0) is 12.8. The summed E-state index contributed by atoms with van der Waals surface area (Å²) in [7, 11) is 0. The molecule has 94 valence electrons. The molecular formula is C16H24O. The first-order valence-electron chi connectivity index (χ1n) is 6.70. The zero-order valence-electron chi connectivity index (χ0n) is 11.8. The van der Waals surface area contributed by atoms with Crippen LogP contribution in [-0.4, -0.2) is 5.78 Å². The number of allylic oxidation sites excluding steroid dienone is 4. The van der Waals surface area contributed by atoms with E-state index in [9.17, 15) is 4.79 Å². The number of hydrogen-bond donors (Lipinski definition) is 0. The van der Waals surface area contributed by atoms with Gasteiger partial charge in [-0.3, -0.25) is 4.79 Å². The van der Waals surface area contributed by atoms with E-state index in [4.69, 9.17) is 0 Å². The van der Waals surface area contributed by atoms with Crippen LogP contribution >= 0.6 is 0 Å². The van der Waals surface area contributed by atoms with Crippen LogP contribution in [0.4, 0.5) is 0 Å². The summed E-state index contributed by atoms with van der Waals surface area (Å²) in [6.45, 7) is 11.1. The van der Waals surface area contributed by atoms with E-state index in [0.29, 0.717) is 5.41 Å². The second-order valence-corrected chi connectivity index (χ2v) is 6.78. The standard InChI is InChI=1S/C16H24O/c1-11(17)9-12-7-6-8-14-13(12)10-15(2,3)16(14,4)5/h9H,6-8,10H2,1-5H3/b12-9+. The van der Waals surface area contributed by atoms with E-state index < -0.39 is 0 Å². The summed E-state index contributed by atoms with van der Waals surface area (Å²) in [6, 6.07) is 0. The predicted octanol–water partition coefficient (Wildman–Crippen LogP) is 4.44. The van der Waals surface area contributed by atoms with Gasteiger partial charge in [-0.05, 0) is 60.7 Å². The minimum Gasteiger partial charge on any atom is -0.295 e. The topological polar surface area (TPSA) is 17.1 Å². The van der Waals surface area contributed by atoms with Crippen molar-refractivity contribution in [1.82, 2.24) is 0 Å².